The molecule has 0 aromatic heterocycles. The maximum absolute atomic E-state index is 2.34. The summed E-state index contributed by atoms with van der Waals surface area (Å²) >= 11 is 2.34. The van der Waals surface area contributed by atoms with Crippen molar-refractivity contribution in [2.24, 2.45) is 0 Å². The summed E-state index contributed by atoms with van der Waals surface area (Å²) in [6.45, 7) is 2.11. The molecule has 0 fully saturated rings. The third-order valence-corrected chi connectivity index (χ3v) is 2.73. The van der Waals surface area contributed by atoms with Gasteiger partial charge in [0.2, 0.25) is 0 Å². The highest BCUT2D eigenvalue weighted by Crippen LogP contribution is 2.06. The second kappa shape index (κ2) is 5.14. The molecule has 62 valence electrons. The zero-order valence-electron chi connectivity index (χ0n) is 7.00. The zero-order chi connectivity index (χ0) is 8.81. The number of rotatable bonds is 0. The van der Waals surface area contributed by atoms with Gasteiger partial charge in [-0.1, -0.05) is 42.5 Å². The molecule has 0 heterocycles. The summed E-state index contributed by atoms with van der Waals surface area (Å²) < 4.78 is 1.28. The van der Waals surface area contributed by atoms with E-state index < -0.39 is 0 Å². The normalized spacial score (nSPS) is 8.83. The minimum Gasteiger partial charge on any atom is -0.0623 e. The quantitative estimate of drug-likeness (QED) is 0.630. The zero-order valence-corrected chi connectivity index (χ0v) is 9.15. The average Bonchev–Trinajstić information content (AvgIpc) is 2.08. The van der Waals surface area contributed by atoms with Gasteiger partial charge >= 0.3 is 0 Å². The first-order valence-electron chi connectivity index (χ1n) is 3.85. The minimum absolute atomic E-state index is 1.28. The van der Waals surface area contributed by atoms with Gasteiger partial charge in [0.15, 0.2) is 0 Å². The maximum Gasteiger partial charge on any atom is 0.0159 e. The first-order valence-corrected chi connectivity index (χ1v) is 4.93. The lowest BCUT2D eigenvalue weighted by Gasteiger charge is -1.88. The van der Waals surface area contributed by atoms with E-state index in [0.717, 1.165) is 0 Å². The highest BCUT2D eigenvalue weighted by molar-refractivity contribution is 14.1. The van der Waals surface area contributed by atoms with Gasteiger partial charge < -0.3 is 0 Å². The van der Waals surface area contributed by atoms with Crippen molar-refractivity contribution in [1.29, 1.82) is 0 Å². The van der Waals surface area contributed by atoms with Gasteiger partial charge in [0, 0.05) is 3.57 Å². The average molecular weight is 270 g/mol. The highest BCUT2D eigenvalue weighted by Gasteiger charge is 1.83. The van der Waals surface area contributed by atoms with Crippen LogP contribution < -0.4 is 0 Å². The van der Waals surface area contributed by atoms with E-state index in [1.807, 2.05) is 24.3 Å². The predicted molar refractivity (Wildman–Crippen MR) is 61.5 cm³/mol. The van der Waals surface area contributed by atoms with Crippen LogP contribution in [0.2, 0.25) is 0 Å². The van der Waals surface area contributed by atoms with Crippen LogP contribution in [0.25, 0.3) is 0 Å². The number of hydrogen-bond donors (Lipinski definition) is 0. The van der Waals surface area contributed by atoms with Gasteiger partial charge in [0.25, 0.3) is 0 Å². The molecule has 0 amide bonds. The minimum atomic E-state index is 1.28. The molecule has 0 N–H and O–H groups in total. The van der Waals surface area contributed by atoms with Gasteiger partial charge in [-0.25, -0.2) is 0 Å². The van der Waals surface area contributed by atoms with Gasteiger partial charge in [-0.05, 0) is 41.1 Å². The van der Waals surface area contributed by atoms with E-state index in [-0.39, 0.29) is 0 Å². The largest absolute Gasteiger partial charge is 0.0623 e. The molecule has 0 saturated heterocycles. The van der Waals surface area contributed by atoms with Crippen molar-refractivity contribution < 1.29 is 0 Å². The fourth-order valence-electron chi connectivity index (χ4n) is 0.808. The van der Waals surface area contributed by atoms with Crippen molar-refractivity contribution in [3.63, 3.8) is 0 Å². The standard InChI is InChI=1S/C11H11I/c1-10-8-6-4-2-3-5-7-9-11(10)12/h2-9H,1H3. The first-order chi connectivity index (χ1) is 5.80. The molecule has 0 unspecified atom stereocenters. The lowest BCUT2D eigenvalue weighted by molar-refractivity contribution is 1.45. The maximum atomic E-state index is 2.34. The smallest absolute Gasteiger partial charge is 0.0159 e. The van der Waals surface area contributed by atoms with Crippen LogP contribution in [0.15, 0.2) is 48.5 Å². The molecule has 1 aromatic rings. The SMILES string of the molecule is Cc1ccccccccc1I. The topological polar surface area (TPSA) is 0 Å². The summed E-state index contributed by atoms with van der Waals surface area (Å²) in [5.41, 5.74) is 1.30. The van der Waals surface area contributed by atoms with E-state index >= 15 is 0 Å². The molecule has 1 heteroatoms. The highest BCUT2D eigenvalue weighted by atomic mass is 127. The summed E-state index contributed by atoms with van der Waals surface area (Å²) in [4.78, 5) is 0. The van der Waals surface area contributed by atoms with Crippen LogP contribution in [0, 0.1) is 10.5 Å². The van der Waals surface area contributed by atoms with Crippen molar-refractivity contribution in [1.82, 2.24) is 0 Å². The van der Waals surface area contributed by atoms with Crippen LogP contribution in [-0.2, 0) is 0 Å². The van der Waals surface area contributed by atoms with Crippen LogP contribution in [0.5, 0.6) is 0 Å². The summed E-state index contributed by atoms with van der Waals surface area (Å²) in [5.74, 6) is 0. The van der Waals surface area contributed by atoms with Gasteiger partial charge in [-0.2, -0.15) is 0 Å². The van der Waals surface area contributed by atoms with Gasteiger partial charge in [-0.15, -0.1) is 0 Å². The Morgan fingerprint density at radius 1 is 0.833 bits per heavy atom. The molecule has 0 spiro atoms. The third-order valence-electron chi connectivity index (χ3n) is 1.52. The molecule has 0 atom stereocenters. The van der Waals surface area contributed by atoms with Crippen LogP contribution >= 0.6 is 22.6 Å². The van der Waals surface area contributed by atoms with E-state index in [1.165, 1.54) is 9.13 Å². The van der Waals surface area contributed by atoms with E-state index in [4.69, 9.17) is 0 Å². The monoisotopic (exact) mass is 270 g/mol. The molecule has 0 aliphatic carbocycles. The fraction of sp³-hybridized carbons (Fsp3) is 0.0909. The van der Waals surface area contributed by atoms with Gasteiger partial charge in [0.05, 0.1) is 0 Å². The van der Waals surface area contributed by atoms with Crippen molar-refractivity contribution >= 4 is 22.6 Å². The Hall–Kier alpha value is -0.570. The molecule has 0 saturated carbocycles. The van der Waals surface area contributed by atoms with Crippen molar-refractivity contribution in [3.05, 3.63) is 57.7 Å². The number of aryl methyl sites for hydroxylation is 1. The van der Waals surface area contributed by atoms with E-state index in [1.54, 1.807) is 0 Å². The molecular weight excluding hydrogens is 259 g/mol. The molecule has 1 aromatic carbocycles. The Kier molecular flexibility index (Phi) is 4.08. The number of halogens is 1. The molecule has 0 radical (unpaired) electrons. The van der Waals surface area contributed by atoms with Crippen molar-refractivity contribution in [2.75, 3.05) is 0 Å². The molecule has 0 nitrogen and oxygen atoms in total. The Morgan fingerprint density at radius 3 is 2.00 bits per heavy atom. The number of hydrogen-bond acceptors (Lipinski definition) is 0. The lowest BCUT2D eigenvalue weighted by atomic mass is 10.3. The second-order valence-corrected chi connectivity index (χ2v) is 3.68. The van der Waals surface area contributed by atoms with E-state index in [9.17, 15) is 0 Å². The molecule has 12 heavy (non-hydrogen) atoms. The Bertz CT molecular complexity index is 272. The van der Waals surface area contributed by atoms with Gasteiger partial charge in [-0.3, -0.25) is 0 Å². The molecule has 0 aliphatic rings. The fourth-order valence-corrected chi connectivity index (χ4v) is 1.19. The summed E-state index contributed by atoms with van der Waals surface area (Å²) in [5, 5.41) is 0. The first kappa shape index (κ1) is 9.52. The van der Waals surface area contributed by atoms with Crippen LogP contribution in [0.1, 0.15) is 5.56 Å². The Balaban J connectivity index is 3.25. The lowest BCUT2D eigenvalue weighted by Crippen LogP contribution is -1.71. The predicted octanol–water partition coefficient (Wildman–Crippen LogP) is 3.72. The summed E-state index contributed by atoms with van der Waals surface area (Å²) in [7, 11) is 0. The van der Waals surface area contributed by atoms with Crippen molar-refractivity contribution in [3.8, 4) is 0 Å². The molecular formula is C11H11I. The molecule has 0 aliphatic heterocycles. The van der Waals surface area contributed by atoms with Crippen LogP contribution in [0.4, 0.5) is 0 Å². The van der Waals surface area contributed by atoms with Gasteiger partial charge in [0.1, 0.15) is 0 Å². The third kappa shape index (κ3) is 3.22. The Labute approximate surface area is 87.1 Å². The van der Waals surface area contributed by atoms with E-state index in [0.29, 0.717) is 0 Å². The second-order valence-electron chi connectivity index (χ2n) is 2.52. The van der Waals surface area contributed by atoms with E-state index in [2.05, 4.69) is 53.8 Å². The van der Waals surface area contributed by atoms with Crippen LogP contribution in [-0.4, -0.2) is 0 Å². The molecule has 0 bridgehead atoms. The summed E-state index contributed by atoms with van der Waals surface area (Å²) in [6.07, 6.45) is 0. The summed E-state index contributed by atoms with van der Waals surface area (Å²) in [6, 6.07) is 16.4. The van der Waals surface area contributed by atoms with Crippen LogP contribution in [0.3, 0.4) is 0 Å². The molecule has 1 rings (SSSR count). The van der Waals surface area contributed by atoms with Crippen molar-refractivity contribution in [2.45, 2.75) is 6.92 Å². The Morgan fingerprint density at radius 2 is 1.33 bits per heavy atom.